The summed E-state index contributed by atoms with van der Waals surface area (Å²) in [6, 6.07) is 6.75. The number of anilines is 1. The van der Waals surface area contributed by atoms with Crippen molar-refractivity contribution in [3.05, 3.63) is 42.5 Å². The number of aromatic nitrogens is 1. The van der Waals surface area contributed by atoms with Crippen LogP contribution < -0.4 is 15.4 Å². The van der Waals surface area contributed by atoms with Crippen LogP contribution in [0.15, 0.2) is 41.1 Å². The van der Waals surface area contributed by atoms with Gasteiger partial charge in [-0.15, -0.1) is 0 Å². The molecule has 21 heavy (non-hydrogen) atoms. The zero-order chi connectivity index (χ0) is 14.9. The van der Waals surface area contributed by atoms with Crippen molar-refractivity contribution in [3.8, 4) is 5.75 Å². The number of amides is 2. The third-order valence-corrected chi connectivity index (χ3v) is 3.19. The lowest BCUT2D eigenvalue weighted by atomic mass is 10.0. The van der Waals surface area contributed by atoms with Crippen LogP contribution in [-0.4, -0.2) is 22.4 Å². The predicted octanol–water partition coefficient (Wildman–Crippen LogP) is 1.08. The Labute approximate surface area is 120 Å². The predicted molar refractivity (Wildman–Crippen MR) is 72.5 cm³/mol. The summed E-state index contributed by atoms with van der Waals surface area (Å²) >= 11 is 0. The van der Waals surface area contributed by atoms with E-state index >= 15 is 0 Å². The first-order valence-electron chi connectivity index (χ1n) is 6.36. The molecule has 3 rings (SSSR count). The zero-order valence-electron chi connectivity index (χ0n) is 11.3. The third kappa shape index (κ3) is 2.33. The van der Waals surface area contributed by atoms with Crippen LogP contribution in [0.2, 0.25) is 0 Å². The van der Waals surface area contributed by atoms with Crippen LogP contribution in [-0.2, 0) is 16.1 Å². The molecule has 0 aromatic carbocycles. The number of hydrogen-bond acceptors (Lipinski definition) is 5. The zero-order valence-corrected chi connectivity index (χ0v) is 11.3. The molecule has 108 valence electrons. The van der Waals surface area contributed by atoms with Gasteiger partial charge in [-0.3, -0.25) is 9.59 Å². The molecule has 0 radical (unpaired) electrons. The fraction of sp³-hybridized carbons (Fsp3) is 0.214. The molecule has 2 aromatic heterocycles. The van der Waals surface area contributed by atoms with E-state index in [0.717, 1.165) is 0 Å². The number of carbonyl (C=O) groups is 2. The van der Waals surface area contributed by atoms with E-state index in [1.807, 2.05) is 0 Å². The topological polar surface area (TPSA) is 93.5 Å². The summed E-state index contributed by atoms with van der Waals surface area (Å²) in [5, 5.41) is 5.18. The minimum Gasteiger partial charge on any atom is -0.467 e. The summed E-state index contributed by atoms with van der Waals surface area (Å²) in [6.07, 6.45) is 3.04. The quantitative estimate of drug-likeness (QED) is 0.824. The largest absolute Gasteiger partial charge is 0.467 e. The normalized spacial score (nSPS) is 20.1. The number of carbonyl (C=O) groups excluding carboxylic acids is 2. The first-order valence-corrected chi connectivity index (χ1v) is 6.36. The molecule has 2 N–H and O–H groups in total. The average molecular weight is 287 g/mol. The Balaban J connectivity index is 1.77. The number of pyridine rings is 1. The highest BCUT2D eigenvalue weighted by Gasteiger charge is 2.47. The summed E-state index contributed by atoms with van der Waals surface area (Å²) in [4.78, 5) is 28.4. The molecule has 0 aliphatic carbocycles. The third-order valence-electron chi connectivity index (χ3n) is 3.19. The second-order valence-corrected chi connectivity index (χ2v) is 4.70. The second kappa shape index (κ2) is 4.93. The van der Waals surface area contributed by atoms with Gasteiger partial charge in [0.05, 0.1) is 12.8 Å². The van der Waals surface area contributed by atoms with Crippen LogP contribution in [0.5, 0.6) is 5.75 Å². The monoisotopic (exact) mass is 287 g/mol. The molecule has 1 atom stereocenters. The van der Waals surface area contributed by atoms with Crippen LogP contribution in [0.1, 0.15) is 12.7 Å². The van der Waals surface area contributed by atoms with E-state index in [1.165, 1.54) is 19.4 Å². The summed E-state index contributed by atoms with van der Waals surface area (Å²) < 4.78 is 10.7. The lowest BCUT2D eigenvalue weighted by molar-refractivity contribution is -0.146. The molecule has 7 heteroatoms. The van der Waals surface area contributed by atoms with Crippen molar-refractivity contribution < 1.29 is 18.7 Å². The highest BCUT2D eigenvalue weighted by atomic mass is 16.5. The van der Waals surface area contributed by atoms with Crippen LogP contribution >= 0.6 is 0 Å². The van der Waals surface area contributed by atoms with Gasteiger partial charge >= 0.3 is 0 Å². The lowest BCUT2D eigenvalue weighted by Gasteiger charge is -2.32. The molecule has 2 aromatic rings. The Morgan fingerprint density at radius 1 is 1.43 bits per heavy atom. The maximum absolute atomic E-state index is 12.3. The molecule has 1 aliphatic rings. The molecular formula is C14H13N3O4. The van der Waals surface area contributed by atoms with Gasteiger partial charge in [0.15, 0.2) is 11.6 Å². The molecule has 1 unspecified atom stereocenters. The van der Waals surface area contributed by atoms with Gasteiger partial charge in [0.1, 0.15) is 5.76 Å². The SMILES string of the molecule is CC1(C(=O)NCc2ccco2)Oc2cccnc2NC1=O. The molecule has 1 aliphatic heterocycles. The molecule has 0 spiro atoms. The summed E-state index contributed by atoms with van der Waals surface area (Å²) in [7, 11) is 0. The number of hydrogen-bond donors (Lipinski definition) is 2. The van der Waals surface area contributed by atoms with Crippen LogP contribution in [0.4, 0.5) is 5.82 Å². The van der Waals surface area contributed by atoms with E-state index in [1.54, 1.807) is 24.3 Å². The number of ether oxygens (including phenoxy) is 1. The van der Waals surface area contributed by atoms with Gasteiger partial charge in [-0.25, -0.2) is 4.98 Å². The van der Waals surface area contributed by atoms with Crippen molar-refractivity contribution in [2.24, 2.45) is 0 Å². The number of nitrogens with one attached hydrogen (secondary N) is 2. The van der Waals surface area contributed by atoms with Crippen molar-refractivity contribution >= 4 is 17.6 Å². The molecule has 0 bridgehead atoms. The first kappa shape index (κ1) is 13.2. The van der Waals surface area contributed by atoms with Gasteiger partial charge in [0, 0.05) is 6.20 Å². The van der Waals surface area contributed by atoms with Gasteiger partial charge < -0.3 is 19.8 Å². The van der Waals surface area contributed by atoms with E-state index in [2.05, 4.69) is 15.6 Å². The van der Waals surface area contributed by atoms with Crippen LogP contribution in [0.3, 0.4) is 0 Å². The Morgan fingerprint density at radius 3 is 3.05 bits per heavy atom. The van der Waals surface area contributed by atoms with E-state index in [0.29, 0.717) is 17.3 Å². The molecule has 3 heterocycles. The number of nitrogens with zero attached hydrogens (tertiary/aromatic N) is 1. The first-order chi connectivity index (χ1) is 10.1. The van der Waals surface area contributed by atoms with Gasteiger partial charge in [-0.1, -0.05) is 0 Å². The maximum atomic E-state index is 12.3. The minimum atomic E-state index is -1.65. The standard InChI is InChI=1S/C14H13N3O4/c1-14(12(18)16-8-9-4-3-7-20-9)13(19)17-11-10(21-14)5-2-6-15-11/h2-7H,8H2,1H3,(H,16,18)(H,15,17,19). The second-order valence-electron chi connectivity index (χ2n) is 4.70. The Hall–Kier alpha value is -2.83. The van der Waals surface area contributed by atoms with Gasteiger partial charge in [-0.05, 0) is 31.2 Å². The number of furan rings is 1. The molecule has 0 fully saturated rings. The summed E-state index contributed by atoms with van der Waals surface area (Å²) in [5.74, 6) is 0.133. The van der Waals surface area contributed by atoms with Crippen molar-refractivity contribution in [2.75, 3.05) is 5.32 Å². The molecule has 7 nitrogen and oxygen atoms in total. The van der Waals surface area contributed by atoms with Gasteiger partial charge in [0.25, 0.3) is 17.4 Å². The van der Waals surface area contributed by atoms with Gasteiger partial charge in [-0.2, -0.15) is 0 Å². The van der Waals surface area contributed by atoms with Crippen molar-refractivity contribution in [1.29, 1.82) is 0 Å². The maximum Gasteiger partial charge on any atom is 0.279 e. The van der Waals surface area contributed by atoms with E-state index in [9.17, 15) is 9.59 Å². The Morgan fingerprint density at radius 2 is 2.29 bits per heavy atom. The molecule has 0 saturated heterocycles. The number of fused-ring (bicyclic) bond motifs is 1. The fourth-order valence-corrected chi connectivity index (χ4v) is 1.96. The van der Waals surface area contributed by atoms with E-state index < -0.39 is 17.4 Å². The van der Waals surface area contributed by atoms with Crippen molar-refractivity contribution in [2.45, 2.75) is 19.1 Å². The molecule has 0 saturated carbocycles. The minimum absolute atomic E-state index is 0.179. The van der Waals surface area contributed by atoms with E-state index in [-0.39, 0.29) is 6.54 Å². The highest BCUT2D eigenvalue weighted by Crippen LogP contribution is 2.31. The summed E-state index contributed by atoms with van der Waals surface area (Å²) in [6.45, 7) is 1.59. The van der Waals surface area contributed by atoms with Crippen LogP contribution in [0.25, 0.3) is 0 Å². The smallest absolute Gasteiger partial charge is 0.279 e. The van der Waals surface area contributed by atoms with Gasteiger partial charge in [0.2, 0.25) is 0 Å². The van der Waals surface area contributed by atoms with E-state index in [4.69, 9.17) is 9.15 Å². The fourth-order valence-electron chi connectivity index (χ4n) is 1.96. The van der Waals surface area contributed by atoms with Crippen molar-refractivity contribution in [3.63, 3.8) is 0 Å². The number of rotatable bonds is 3. The lowest BCUT2D eigenvalue weighted by Crippen LogP contribution is -2.58. The van der Waals surface area contributed by atoms with Crippen LogP contribution in [0, 0.1) is 0 Å². The average Bonchev–Trinajstić information content (AvgIpc) is 2.99. The highest BCUT2D eigenvalue weighted by molar-refractivity contribution is 6.14. The summed E-state index contributed by atoms with van der Waals surface area (Å²) in [5.41, 5.74) is -1.65. The molecular weight excluding hydrogens is 274 g/mol. The Bertz CT molecular complexity index is 683. The van der Waals surface area contributed by atoms with Crippen molar-refractivity contribution in [1.82, 2.24) is 10.3 Å². The molecule has 2 amide bonds. The Kier molecular flexibility index (Phi) is 3.09.